The Balaban J connectivity index is 2.15. The lowest BCUT2D eigenvalue weighted by atomic mass is 10.1. The number of aryl methyl sites for hydroxylation is 1. The van der Waals surface area contributed by atoms with Crippen LogP contribution in [0.2, 0.25) is 0 Å². The van der Waals surface area contributed by atoms with Crippen molar-refractivity contribution in [3.8, 4) is 6.07 Å². The van der Waals surface area contributed by atoms with Crippen LogP contribution in [0.25, 0.3) is 0 Å². The number of benzene rings is 1. The van der Waals surface area contributed by atoms with Gasteiger partial charge in [-0.25, -0.2) is 0 Å². The van der Waals surface area contributed by atoms with E-state index < -0.39 is 0 Å². The van der Waals surface area contributed by atoms with Crippen molar-refractivity contribution in [2.75, 3.05) is 5.32 Å². The summed E-state index contributed by atoms with van der Waals surface area (Å²) in [6.07, 6.45) is 1.77. The first kappa shape index (κ1) is 12.9. The molecule has 1 unspecified atom stereocenters. The van der Waals surface area contributed by atoms with Crippen LogP contribution in [0.5, 0.6) is 0 Å². The molecule has 0 bridgehead atoms. The van der Waals surface area contributed by atoms with Crippen molar-refractivity contribution < 1.29 is 0 Å². The summed E-state index contributed by atoms with van der Waals surface area (Å²) >= 11 is 0. The zero-order chi connectivity index (χ0) is 13.8. The summed E-state index contributed by atoms with van der Waals surface area (Å²) in [5, 5.41) is 12.1. The van der Waals surface area contributed by atoms with Gasteiger partial charge in [-0.05, 0) is 30.7 Å². The van der Waals surface area contributed by atoms with Crippen molar-refractivity contribution in [1.29, 1.82) is 5.26 Å². The maximum Gasteiger partial charge on any atom is 0.250 e. The second-order valence-corrected chi connectivity index (χ2v) is 4.47. The fourth-order valence-corrected chi connectivity index (χ4v) is 1.86. The van der Waals surface area contributed by atoms with Crippen molar-refractivity contribution in [1.82, 2.24) is 4.57 Å². The van der Waals surface area contributed by atoms with Crippen LogP contribution in [-0.2, 0) is 7.05 Å². The van der Waals surface area contributed by atoms with Gasteiger partial charge >= 0.3 is 0 Å². The van der Waals surface area contributed by atoms with Gasteiger partial charge in [0.2, 0.25) is 5.56 Å². The van der Waals surface area contributed by atoms with Crippen LogP contribution < -0.4 is 10.9 Å². The summed E-state index contributed by atoms with van der Waals surface area (Å²) in [5.74, 6) is 0. The number of nitrogens with one attached hydrogen (secondary N) is 1. The number of pyridine rings is 1. The standard InChI is InChI=1S/C15H15N3O/c1-11(13-5-3-12(9-16)4-6-13)17-14-7-8-15(19)18(2)10-14/h3-8,10-11,17H,1-2H3. The average molecular weight is 253 g/mol. The van der Waals surface area contributed by atoms with E-state index in [9.17, 15) is 4.79 Å². The Hall–Kier alpha value is -2.54. The van der Waals surface area contributed by atoms with E-state index in [1.807, 2.05) is 19.1 Å². The Morgan fingerprint density at radius 1 is 1.21 bits per heavy atom. The number of hydrogen-bond acceptors (Lipinski definition) is 3. The molecule has 0 spiro atoms. The van der Waals surface area contributed by atoms with Gasteiger partial charge in [0.25, 0.3) is 0 Å². The molecule has 0 saturated heterocycles. The van der Waals surface area contributed by atoms with Gasteiger partial charge in [-0.2, -0.15) is 5.26 Å². The molecule has 19 heavy (non-hydrogen) atoms. The predicted molar refractivity (Wildman–Crippen MR) is 74.9 cm³/mol. The molecule has 1 aromatic carbocycles. The molecule has 0 aliphatic heterocycles. The monoisotopic (exact) mass is 253 g/mol. The summed E-state index contributed by atoms with van der Waals surface area (Å²) < 4.78 is 1.54. The molecule has 0 saturated carbocycles. The quantitative estimate of drug-likeness (QED) is 0.914. The Bertz CT molecular complexity index is 665. The third kappa shape index (κ3) is 3.02. The molecule has 2 aromatic rings. The normalized spacial score (nSPS) is 11.6. The van der Waals surface area contributed by atoms with Gasteiger partial charge in [0.1, 0.15) is 0 Å². The number of anilines is 1. The topological polar surface area (TPSA) is 57.8 Å². The van der Waals surface area contributed by atoms with E-state index in [0.717, 1.165) is 11.3 Å². The Kier molecular flexibility index (Phi) is 3.67. The number of rotatable bonds is 3. The van der Waals surface area contributed by atoms with E-state index in [2.05, 4.69) is 11.4 Å². The number of nitriles is 1. The highest BCUT2D eigenvalue weighted by Gasteiger charge is 2.05. The molecule has 1 aromatic heterocycles. The van der Waals surface area contributed by atoms with E-state index in [-0.39, 0.29) is 11.6 Å². The minimum Gasteiger partial charge on any atom is -0.377 e. The van der Waals surface area contributed by atoms with Crippen LogP contribution >= 0.6 is 0 Å². The van der Waals surface area contributed by atoms with Gasteiger partial charge < -0.3 is 9.88 Å². The van der Waals surface area contributed by atoms with Crippen molar-refractivity contribution >= 4 is 5.69 Å². The molecular formula is C15H15N3O. The largest absolute Gasteiger partial charge is 0.377 e. The number of nitrogens with zero attached hydrogens (tertiary/aromatic N) is 2. The van der Waals surface area contributed by atoms with Crippen molar-refractivity contribution in [3.63, 3.8) is 0 Å². The van der Waals surface area contributed by atoms with Gasteiger partial charge in [0.15, 0.2) is 0 Å². The zero-order valence-corrected chi connectivity index (χ0v) is 10.9. The number of hydrogen-bond donors (Lipinski definition) is 1. The highest BCUT2D eigenvalue weighted by Crippen LogP contribution is 2.18. The fraction of sp³-hybridized carbons (Fsp3) is 0.200. The van der Waals surface area contributed by atoms with E-state index in [1.165, 1.54) is 10.6 Å². The first-order valence-corrected chi connectivity index (χ1v) is 6.03. The lowest BCUT2D eigenvalue weighted by Gasteiger charge is -2.16. The van der Waals surface area contributed by atoms with Crippen molar-refractivity contribution in [3.05, 3.63) is 64.1 Å². The first-order valence-electron chi connectivity index (χ1n) is 6.03. The average Bonchev–Trinajstić information content (AvgIpc) is 2.43. The van der Waals surface area contributed by atoms with Crippen LogP contribution in [0.3, 0.4) is 0 Å². The smallest absolute Gasteiger partial charge is 0.250 e. The molecular weight excluding hydrogens is 238 g/mol. The van der Waals surface area contributed by atoms with Crippen molar-refractivity contribution in [2.24, 2.45) is 7.05 Å². The van der Waals surface area contributed by atoms with Crippen molar-refractivity contribution in [2.45, 2.75) is 13.0 Å². The lowest BCUT2D eigenvalue weighted by Crippen LogP contribution is -2.16. The van der Waals surface area contributed by atoms with Crippen LogP contribution in [0.15, 0.2) is 47.4 Å². The molecule has 1 N–H and O–H groups in total. The molecule has 4 nitrogen and oxygen atoms in total. The maximum absolute atomic E-state index is 11.3. The molecule has 96 valence electrons. The van der Waals surface area contributed by atoms with E-state index in [1.54, 1.807) is 31.4 Å². The fourth-order valence-electron chi connectivity index (χ4n) is 1.86. The summed E-state index contributed by atoms with van der Waals surface area (Å²) in [4.78, 5) is 11.3. The molecule has 0 aliphatic carbocycles. The Morgan fingerprint density at radius 2 is 1.89 bits per heavy atom. The summed E-state index contributed by atoms with van der Waals surface area (Å²) in [7, 11) is 1.72. The summed E-state index contributed by atoms with van der Waals surface area (Å²) in [6, 6.07) is 13.0. The molecule has 4 heteroatoms. The van der Waals surface area contributed by atoms with Crippen LogP contribution in [0.4, 0.5) is 5.69 Å². The minimum atomic E-state index is -0.0309. The second-order valence-electron chi connectivity index (χ2n) is 4.47. The van der Waals surface area contributed by atoms with Gasteiger partial charge in [-0.3, -0.25) is 4.79 Å². The van der Waals surface area contributed by atoms with Crippen LogP contribution in [0.1, 0.15) is 24.1 Å². The highest BCUT2D eigenvalue weighted by molar-refractivity contribution is 5.43. The van der Waals surface area contributed by atoms with Gasteiger partial charge in [0.05, 0.1) is 17.3 Å². The summed E-state index contributed by atoms with van der Waals surface area (Å²) in [5.41, 5.74) is 2.60. The molecule has 0 fully saturated rings. The molecule has 1 atom stereocenters. The van der Waals surface area contributed by atoms with Gasteiger partial charge in [-0.15, -0.1) is 0 Å². The Morgan fingerprint density at radius 3 is 2.47 bits per heavy atom. The van der Waals surface area contributed by atoms with Crippen LogP contribution in [0, 0.1) is 11.3 Å². The second kappa shape index (κ2) is 5.40. The molecule has 2 rings (SSSR count). The summed E-state index contributed by atoms with van der Waals surface area (Å²) in [6.45, 7) is 2.03. The predicted octanol–water partition coefficient (Wildman–Crippen LogP) is 2.43. The van der Waals surface area contributed by atoms with Gasteiger partial charge in [-0.1, -0.05) is 12.1 Å². The van der Waals surface area contributed by atoms with Crippen LogP contribution in [-0.4, -0.2) is 4.57 Å². The molecule has 0 aliphatic rings. The third-order valence-electron chi connectivity index (χ3n) is 3.01. The SMILES string of the molecule is CC(Nc1ccc(=O)n(C)c1)c1ccc(C#N)cc1. The number of aromatic nitrogens is 1. The minimum absolute atomic E-state index is 0.0309. The first-order chi connectivity index (χ1) is 9.10. The highest BCUT2D eigenvalue weighted by atomic mass is 16.1. The maximum atomic E-state index is 11.3. The van der Waals surface area contributed by atoms with E-state index in [0.29, 0.717) is 5.56 Å². The van der Waals surface area contributed by atoms with E-state index >= 15 is 0 Å². The zero-order valence-electron chi connectivity index (χ0n) is 10.9. The van der Waals surface area contributed by atoms with Gasteiger partial charge in [0, 0.05) is 25.4 Å². The third-order valence-corrected chi connectivity index (χ3v) is 3.01. The molecule has 1 heterocycles. The van der Waals surface area contributed by atoms with E-state index in [4.69, 9.17) is 5.26 Å². The molecule has 0 amide bonds. The lowest BCUT2D eigenvalue weighted by molar-refractivity contribution is 0.840. The molecule has 0 radical (unpaired) electrons. The Labute approximate surface area is 111 Å².